The van der Waals surface area contributed by atoms with Gasteiger partial charge in [0.2, 0.25) is 0 Å². The predicted octanol–water partition coefficient (Wildman–Crippen LogP) is 7.94. The Hall–Kier alpha value is -2.22. The highest BCUT2D eigenvalue weighted by Gasteiger charge is 2.63. The van der Waals surface area contributed by atoms with Crippen molar-refractivity contribution < 1.29 is 19.1 Å². The molecule has 2 fully saturated rings. The molecule has 0 heterocycles. The van der Waals surface area contributed by atoms with E-state index in [4.69, 9.17) is 4.74 Å². The minimum absolute atomic E-state index is 0.0507. The molecule has 4 aliphatic carbocycles. The fraction of sp³-hybridized carbons (Fsp3) is 0.771. The number of hydrogen-bond donors (Lipinski definition) is 0. The maximum Gasteiger partial charge on any atom is 0.302 e. The van der Waals surface area contributed by atoms with Crippen LogP contribution in [0.25, 0.3) is 0 Å². The van der Waals surface area contributed by atoms with Gasteiger partial charge in [0.25, 0.3) is 0 Å². The van der Waals surface area contributed by atoms with Gasteiger partial charge in [0.05, 0.1) is 12.2 Å². The van der Waals surface area contributed by atoms with Crippen LogP contribution in [0, 0.1) is 55.7 Å². The smallest absolute Gasteiger partial charge is 0.302 e. The van der Waals surface area contributed by atoms with Crippen molar-refractivity contribution in [1.29, 1.82) is 5.26 Å². The van der Waals surface area contributed by atoms with Crippen molar-refractivity contribution in [3.63, 3.8) is 0 Å². The molecule has 0 aromatic rings. The number of nitriles is 1. The average molecular weight is 550 g/mol. The summed E-state index contributed by atoms with van der Waals surface area (Å²) in [5.41, 5.74) is 0.111. The van der Waals surface area contributed by atoms with Crippen molar-refractivity contribution in [1.82, 2.24) is 0 Å². The second-order valence-electron chi connectivity index (χ2n) is 15.9. The van der Waals surface area contributed by atoms with E-state index in [-0.39, 0.29) is 45.3 Å². The van der Waals surface area contributed by atoms with Gasteiger partial charge in [0.15, 0.2) is 11.6 Å². The summed E-state index contributed by atoms with van der Waals surface area (Å²) in [6, 6.07) is 2.18. The summed E-state index contributed by atoms with van der Waals surface area (Å²) in [6.45, 7) is 19.8. The number of carbonyl (C=O) groups is 3. The largest absolute Gasteiger partial charge is 0.466 e. The van der Waals surface area contributed by atoms with Gasteiger partial charge in [-0.15, -0.1) is 0 Å². The Labute approximate surface area is 242 Å². The van der Waals surface area contributed by atoms with Crippen molar-refractivity contribution in [2.75, 3.05) is 6.61 Å². The standard InChI is InChI=1S/C35H51NO4/c1-23-19-30(3,4)12-14-35(23,16-17-40-24(2)37)15-13-32(7)21-26(38)18-28-33(8)20-25(22-36)29(39)31(5,6)27(33)10-11-34(28,32)9/h18,20,23,27H,10-17,19,21H2,1-9H3/t23?,27-,32+,33-,34+,35+/m0/s1. The summed E-state index contributed by atoms with van der Waals surface area (Å²) in [6.07, 6.45) is 12.3. The Bertz CT molecular complexity index is 1200. The van der Waals surface area contributed by atoms with E-state index >= 15 is 0 Å². The molecular weight excluding hydrogens is 498 g/mol. The Morgan fingerprint density at radius 2 is 1.70 bits per heavy atom. The zero-order valence-corrected chi connectivity index (χ0v) is 26.5. The van der Waals surface area contributed by atoms with Crippen LogP contribution in [0.4, 0.5) is 0 Å². The van der Waals surface area contributed by atoms with Crippen LogP contribution in [-0.2, 0) is 19.1 Å². The summed E-state index contributed by atoms with van der Waals surface area (Å²) in [5, 5.41) is 9.88. The maximum atomic E-state index is 13.5. The molecule has 220 valence electrons. The number of allylic oxidation sites excluding steroid dienone is 4. The number of rotatable bonds is 6. The normalized spacial score (nSPS) is 40.2. The van der Waals surface area contributed by atoms with E-state index < -0.39 is 10.8 Å². The average Bonchev–Trinajstić information content (AvgIpc) is 2.83. The summed E-state index contributed by atoms with van der Waals surface area (Å²) < 4.78 is 5.47. The fourth-order valence-corrected chi connectivity index (χ4v) is 9.76. The first-order valence-electron chi connectivity index (χ1n) is 15.4. The third-order valence-electron chi connectivity index (χ3n) is 12.6. The third-order valence-corrected chi connectivity index (χ3v) is 12.6. The van der Waals surface area contributed by atoms with Gasteiger partial charge in [-0.1, -0.05) is 67.0 Å². The second kappa shape index (κ2) is 9.95. The molecule has 2 saturated carbocycles. The summed E-state index contributed by atoms with van der Waals surface area (Å²) in [4.78, 5) is 38.3. The van der Waals surface area contributed by atoms with Crippen LogP contribution in [0.2, 0.25) is 0 Å². The summed E-state index contributed by atoms with van der Waals surface area (Å²) >= 11 is 0. The first kappa shape index (κ1) is 30.7. The van der Waals surface area contributed by atoms with Crippen LogP contribution in [0.5, 0.6) is 0 Å². The molecule has 4 aliphatic rings. The number of Topliss-reactive ketones (excluding diaryl/α,β-unsaturated/α-hetero) is 1. The van der Waals surface area contributed by atoms with E-state index in [0.717, 1.165) is 56.9 Å². The summed E-state index contributed by atoms with van der Waals surface area (Å²) in [5.74, 6) is 0.405. The van der Waals surface area contributed by atoms with Gasteiger partial charge in [-0.2, -0.15) is 5.26 Å². The lowest BCUT2D eigenvalue weighted by Crippen LogP contribution is -2.58. The third kappa shape index (κ3) is 4.82. The summed E-state index contributed by atoms with van der Waals surface area (Å²) in [7, 11) is 0. The lowest BCUT2D eigenvalue weighted by atomic mass is 9.40. The molecule has 0 aliphatic heterocycles. The van der Waals surface area contributed by atoms with Crippen molar-refractivity contribution in [3.05, 3.63) is 23.3 Å². The lowest BCUT2D eigenvalue weighted by molar-refractivity contribution is -0.143. The van der Waals surface area contributed by atoms with E-state index in [2.05, 4.69) is 47.6 Å². The molecular formula is C35H51NO4. The van der Waals surface area contributed by atoms with Gasteiger partial charge in [-0.25, -0.2) is 0 Å². The first-order chi connectivity index (χ1) is 18.4. The Balaban J connectivity index is 1.70. The first-order valence-corrected chi connectivity index (χ1v) is 15.4. The van der Waals surface area contributed by atoms with E-state index in [9.17, 15) is 19.6 Å². The molecule has 0 saturated heterocycles. The van der Waals surface area contributed by atoms with Crippen molar-refractivity contribution in [3.8, 4) is 6.07 Å². The number of nitrogens with zero attached hydrogens (tertiary/aromatic N) is 1. The highest BCUT2D eigenvalue weighted by atomic mass is 16.5. The molecule has 5 nitrogen and oxygen atoms in total. The molecule has 0 aromatic heterocycles. The zero-order chi connectivity index (χ0) is 29.9. The van der Waals surface area contributed by atoms with Crippen molar-refractivity contribution >= 4 is 17.5 Å². The molecule has 40 heavy (non-hydrogen) atoms. The van der Waals surface area contributed by atoms with Crippen LogP contribution in [0.3, 0.4) is 0 Å². The monoisotopic (exact) mass is 549 g/mol. The highest BCUT2D eigenvalue weighted by molar-refractivity contribution is 6.04. The van der Waals surface area contributed by atoms with Crippen LogP contribution in [0.15, 0.2) is 23.3 Å². The minimum Gasteiger partial charge on any atom is -0.466 e. The zero-order valence-electron chi connectivity index (χ0n) is 26.5. The number of ketones is 2. The van der Waals surface area contributed by atoms with Crippen LogP contribution in [0.1, 0.15) is 120 Å². The fourth-order valence-electron chi connectivity index (χ4n) is 9.76. The minimum atomic E-state index is -0.654. The predicted molar refractivity (Wildman–Crippen MR) is 157 cm³/mol. The Kier molecular flexibility index (Phi) is 7.65. The van der Waals surface area contributed by atoms with Gasteiger partial charge >= 0.3 is 5.97 Å². The van der Waals surface area contributed by atoms with Crippen molar-refractivity contribution in [2.24, 2.45) is 44.3 Å². The van der Waals surface area contributed by atoms with Gasteiger partial charge < -0.3 is 4.74 Å². The Morgan fingerprint density at radius 3 is 2.30 bits per heavy atom. The molecule has 4 rings (SSSR count). The molecule has 0 amide bonds. The van der Waals surface area contributed by atoms with Crippen LogP contribution >= 0.6 is 0 Å². The molecule has 6 atom stereocenters. The molecule has 5 heteroatoms. The van der Waals surface area contributed by atoms with Crippen LogP contribution in [-0.4, -0.2) is 24.1 Å². The van der Waals surface area contributed by atoms with E-state index in [0.29, 0.717) is 24.4 Å². The van der Waals surface area contributed by atoms with Gasteiger partial charge in [-0.05, 0) is 90.9 Å². The van der Waals surface area contributed by atoms with Crippen molar-refractivity contribution in [2.45, 2.75) is 120 Å². The van der Waals surface area contributed by atoms with Gasteiger partial charge in [0, 0.05) is 24.2 Å². The molecule has 0 aromatic carbocycles. The number of ether oxygens (including phenoxy) is 1. The molecule has 1 unspecified atom stereocenters. The molecule has 0 bridgehead atoms. The molecule has 0 N–H and O–H groups in total. The molecule has 0 spiro atoms. The molecule has 0 radical (unpaired) electrons. The number of hydrogen-bond acceptors (Lipinski definition) is 5. The number of carbonyl (C=O) groups excluding carboxylic acids is 3. The second-order valence-corrected chi connectivity index (χ2v) is 15.9. The maximum absolute atomic E-state index is 13.5. The van der Waals surface area contributed by atoms with Gasteiger partial charge in [-0.3, -0.25) is 14.4 Å². The number of fused-ring (bicyclic) bond motifs is 3. The van der Waals surface area contributed by atoms with E-state index in [1.54, 1.807) is 0 Å². The SMILES string of the molecule is CC(=O)OCC[C@]1(CC[C@]2(C)CC(=O)C=C3[C@@]4(C)C=C(C#N)C(=O)C(C)(C)[C@@H]4CC[C@]32C)CCC(C)(C)CC1C. The Morgan fingerprint density at radius 1 is 1.02 bits per heavy atom. The van der Waals surface area contributed by atoms with Crippen LogP contribution < -0.4 is 0 Å². The van der Waals surface area contributed by atoms with E-state index in [1.807, 2.05) is 26.0 Å². The highest BCUT2D eigenvalue weighted by Crippen LogP contribution is 2.69. The quantitative estimate of drug-likeness (QED) is 0.314. The van der Waals surface area contributed by atoms with Gasteiger partial charge in [0.1, 0.15) is 6.07 Å². The number of esters is 1. The lowest BCUT2D eigenvalue weighted by Gasteiger charge is -2.63. The topological polar surface area (TPSA) is 84.2 Å². The van der Waals surface area contributed by atoms with E-state index in [1.165, 1.54) is 6.92 Å².